The number of carbonyl (C=O) groups is 2. The van der Waals surface area contributed by atoms with Crippen LogP contribution >= 0.6 is 0 Å². The number of carboxylic acids is 1. The van der Waals surface area contributed by atoms with Crippen molar-refractivity contribution in [3.8, 4) is 0 Å². The van der Waals surface area contributed by atoms with Crippen LogP contribution in [0.25, 0.3) is 0 Å². The summed E-state index contributed by atoms with van der Waals surface area (Å²) in [5.41, 5.74) is 0.614. The Balaban J connectivity index is 2.81. The van der Waals surface area contributed by atoms with E-state index in [4.69, 9.17) is 9.84 Å². The van der Waals surface area contributed by atoms with Gasteiger partial charge in [-0.3, -0.25) is 0 Å². The minimum absolute atomic E-state index is 0.105. The Hall–Kier alpha value is -1.32. The number of hydrogen-bond donors (Lipinski definition) is 1. The van der Waals surface area contributed by atoms with Gasteiger partial charge in [0, 0.05) is 11.1 Å². The molecule has 0 aromatic rings. The molecule has 0 bridgehead atoms. The summed E-state index contributed by atoms with van der Waals surface area (Å²) in [6, 6.07) is 0. The lowest BCUT2D eigenvalue weighted by atomic mass is 9.92. The number of ether oxygens (including phenoxy) is 1. The second-order valence-electron chi connectivity index (χ2n) is 4.31. The Morgan fingerprint density at radius 1 is 1.18 bits per heavy atom. The second-order valence-corrected chi connectivity index (χ2v) is 4.31. The molecule has 0 aromatic heterocycles. The number of carbonyl (C=O) groups excluding carboxylic acids is 1. The van der Waals surface area contributed by atoms with E-state index in [1.807, 2.05) is 13.8 Å². The summed E-state index contributed by atoms with van der Waals surface area (Å²) >= 11 is 0. The van der Waals surface area contributed by atoms with Crippen LogP contribution in [-0.2, 0) is 14.3 Å². The Kier molecular flexibility index (Phi) is 5.19. The molecule has 0 fully saturated rings. The van der Waals surface area contributed by atoms with Crippen molar-refractivity contribution in [2.75, 3.05) is 0 Å². The van der Waals surface area contributed by atoms with Gasteiger partial charge in [0.05, 0.1) is 0 Å². The zero-order valence-electron chi connectivity index (χ0n) is 10.5. The number of hydrogen-bond acceptors (Lipinski definition) is 3. The summed E-state index contributed by atoms with van der Waals surface area (Å²) in [6.07, 6.45) is 4.12. The van der Waals surface area contributed by atoms with E-state index in [1.165, 1.54) is 0 Å². The third-order valence-electron chi connectivity index (χ3n) is 3.16. The lowest BCUT2D eigenvalue weighted by Crippen LogP contribution is -2.22. The molecule has 0 aromatic carbocycles. The number of esters is 1. The molecule has 0 saturated carbocycles. The monoisotopic (exact) mass is 240 g/mol. The van der Waals surface area contributed by atoms with Crippen LogP contribution < -0.4 is 0 Å². The fourth-order valence-corrected chi connectivity index (χ4v) is 2.04. The molecule has 0 atom stereocenters. The van der Waals surface area contributed by atoms with Crippen molar-refractivity contribution in [1.82, 2.24) is 0 Å². The molecule has 1 aliphatic rings. The van der Waals surface area contributed by atoms with Gasteiger partial charge in [-0.25, -0.2) is 9.59 Å². The van der Waals surface area contributed by atoms with E-state index in [9.17, 15) is 9.59 Å². The highest BCUT2D eigenvalue weighted by Gasteiger charge is 2.25. The van der Waals surface area contributed by atoms with Crippen LogP contribution in [0.4, 0.5) is 0 Å². The molecule has 96 valence electrons. The van der Waals surface area contributed by atoms with Gasteiger partial charge in [-0.2, -0.15) is 0 Å². The van der Waals surface area contributed by atoms with Crippen molar-refractivity contribution < 1.29 is 19.4 Å². The number of carboxylic acid groups (broad SMARTS) is 1. The first kappa shape index (κ1) is 13.7. The molecule has 0 unspecified atom stereocenters. The summed E-state index contributed by atoms with van der Waals surface area (Å²) in [7, 11) is 0. The van der Waals surface area contributed by atoms with Crippen LogP contribution in [-0.4, -0.2) is 23.1 Å². The van der Waals surface area contributed by atoms with Gasteiger partial charge in [0.15, 0.2) is 0 Å². The maximum atomic E-state index is 11.9. The van der Waals surface area contributed by atoms with E-state index in [0.717, 1.165) is 25.7 Å². The Labute approximate surface area is 102 Å². The molecule has 4 nitrogen and oxygen atoms in total. The van der Waals surface area contributed by atoms with Crippen LogP contribution in [0.1, 0.15) is 52.4 Å². The van der Waals surface area contributed by atoms with Crippen molar-refractivity contribution in [3.63, 3.8) is 0 Å². The maximum absolute atomic E-state index is 11.9. The Morgan fingerprint density at radius 2 is 1.71 bits per heavy atom. The van der Waals surface area contributed by atoms with Gasteiger partial charge in [-0.05, 0) is 38.5 Å². The minimum atomic E-state index is -0.985. The van der Waals surface area contributed by atoms with Crippen molar-refractivity contribution >= 4 is 11.9 Å². The fraction of sp³-hybridized carbons (Fsp3) is 0.692. The molecule has 1 rings (SSSR count). The zero-order chi connectivity index (χ0) is 12.8. The molecule has 1 aliphatic carbocycles. The first-order valence-electron chi connectivity index (χ1n) is 6.26. The first-order valence-corrected chi connectivity index (χ1v) is 6.26. The third kappa shape index (κ3) is 3.58. The molecular weight excluding hydrogens is 220 g/mol. The standard InChI is InChI=1S/C13H20O4/c1-3-9(4-2)17-13(16)11-8-6-5-7-10(11)12(14)15/h9H,3-8H2,1-2H3,(H,14,15). The summed E-state index contributed by atoms with van der Waals surface area (Å²) < 4.78 is 5.31. The van der Waals surface area contributed by atoms with Crippen LogP contribution in [0.2, 0.25) is 0 Å². The highest BCUT2D eigenvalue weighted by atomic mass is 16.5. The smallest absolute Gasteiger partial charge is 0.334 e. The molecule has 0 aliphatic heterocycles. The Bertz CT molecular complexity index is 326. The molecule has 0 amide bonds. The van der Waals surface area contributed by atoms with Gasteiger partial charge in [0.25, 0.3) is 0 Å². The lowest BCUT2D eigenvalue weighted by Gasteiger charge is -2.19. The van der Waals surface area contributed by atoms with Crippen LogP contribution in [0.3, 0.4) is 0 Å². The molecule has 0 heterocycles. The molecule has 1 N–H and O–H groups in total. The highest BCUT2D eigenvalue weighted by Crippen LogP contribution is 2.26. The Morgan fingerprint density at radius 3 is 2.18 bits per heavy atom. The molecule has 0 saturated heterocycles. The molecule has 17 heavy (non-hydrogen) atoms. The van der Waals surface area contributed by atoms with Gasteiger partial charge in [0.1, 0.15) is 6.10 Å². The van der Waals surface area contributed by atoms with E-state index in [1.54, 1.807) is 0 Å². The SMILES string of the molecule is CCC(CC)OC(=O)C1=C(C(=O)O)CCCC1. The molecular formula is C13H20O4. The van der Waals surface area contributed by atoms with E-state index in [-0.39, 0.29) is 11.7 Å². The summed E-state index contributed by atoms with van der Waals surface area (Å²) in [4.78, 5) is 22.9. The summed E-state index contributed by atoms with van der Waals surface area (Å²) in [6.45, 7) is 3.91. The average Bonchev–Trinajstić information content (AvgIpc) is 2.35. The largest absolute Gasteiger partial charge is 0.478 e. The summed E-state index contributed by atoms with van der Waals surface area (Å²) in [5, 5.41) is 9.04. The lowest BCUT2D eigenvalue weighted by molar-refractivity contribution is -0.145. The topological polar surface area (TPSA) is 63.6 Å². The van der Waals surface area contributed by atoms with Crippen LogP contribution in [0, 0.1) is 0 Å². The van der Waals surface area contributed by atoms with Gasteiger partial charge < -0.3 is 9.84 Å². The first-order chi connectivity index (χ1) is 8.10. The van der Waals surface area contributed by atoms with Gasteiger partial charge in [-0.1, -0.05) is 13.8 Å². The van der Waals surface area contributed by atoms with Crippen LogP contribution in [0.5, 0.6) is 0 Å². The predicted octanol–water partition coefficient (Wildman–Crippen LogP) is 2.67. The second kappa shape index (κ2) is 6.42. The molecule has 4 heteroatoms. The third-order valence-corrected chi connectivity index (χ3v) is 3.16. The minimum Gasteiger partial charge on any atom is -0.478 e. The van der Waals surface area contributed by atoms with Crippen molar-refractivity contribution in [1.29, 1.82) is 0 Å². The number of aliphatic carboxylic acids is 1. The van der Waals surface area contributed by atoms with Crippen molar-refractivity contribution in [3.05, 3.63) is 11.1 Å². The van der Waals surface area contributed by atoms with Gasteiger partial charge in [-0.15, -0.1) is 0 Å². The fourth-order valence-electron chi connectivity index (χ4n) is 2.04. The quantitative estimate of drug-likeness (QED) is 0.750. The van der Waals surface area contributed by atoms with Crippen molar-refractivity contribution in [2.45, 2.75) is 58.5 Å². The zero-order valence-corrected chi connectivity index (χ0v) is 10.5. The van der Waals surface area contributed by atoms with Crippen LogP contribution in [0.15, 0.2) is 11.1 Å². The van der Waals surface area contributed by atoms with E-state index in [0.29, 0.717) is 18.4 Å². The molecule has 0 radical (unpaired) electrons. The average molecular weight is 240 g/mol. The highest BCUT2D eigenvalue weighted by molar-refractivity contribution is 5.99. The summed E-state index contributed by atoms with van der Waals surface area (Å²) in [5.74, 6) is -1.42. The predicted molar refractivity (Wildman–Crippen MR) is 63.6 cm³/mol. The van der Waals surface area contributed by atoms with E-state index in [2.05, 4.69) is 0 Å². The molecule has 0 spiro atoms. The normalized spacial score (nSPS) is 16.2. The van der Waals surface area contributed by atoms with Gasteiger partial charge >= 0.3 is 11.9 Å². The maximum Gasteiger partial charge on any atom is 0.334 e. The van der Waals surface area contributed by atoms with E-state index < -0.39 is 11.9 Å². The van der Waals surface area contributed by atoms with Crippen molar-refractivity contribution in [2.24, 2.45) is 0 Å². The van der Waals surface area contributed by atoms with Gasteiger partial charge in [0.2, 0.25) is 0 Å². The van der Waals surface area contributed by atoms with E-state index >= 15 is 0 Å². The number of rotatable bonds is 5.